The van der Waals surface area contributed by atoms with E-state index < -0.39 is 5.60 Å². The van der Waals surface area contributed by atoms with Gasteiger partial charge in [0.1, 0.15) is 17.5 Å². The standard InChI is InChI=1S/C19H27NO5/c1-19(2,3)25-18(22)20-11-9-16(10-12-20)24-17(21)13-14-5-7-15(23-4)8-6-14/h5-8,16H,9-13H2,1-4H3. The van der Waals surface area contributed by atoms with Gasteiger partial charge in [0.05, 0.1) is 13.5 Å². The van der Waals surface area contributed by atoms with E-state index in [9.17, 15) is 9.59 Å². The van der Waals surface area contributed by atoms with Crippen LogP contribution in [0.4, 0.5) is 4.79 Å². The lowest BCUT2D eigenvalue weighted by Gasteiger charge is -2.33. The maximum atomic E-state index is 12.1. The Kier molecular flexibility index (Phi) is 6.28. The monoisotopic (exact) mass is 349 g/mol. The van der Waals surface area contributed by atoms with Crippen molar-refractivity contribution in [3.63, 3.8) is 0 Å². The second-order valence-corrected chi connectivity index (χ2v) is 7.18. The molecule has 0 unspecified atom stereocenters. The van der Waals surface area contributed by atoms with Crippen LogP contribution in [-0.2, 0) is 20.7 Å². The third-order valence-corrected chi connectivity index (χ3v) is 3.90. The number of esters is 1. The number of hydrogen-bond acceptors (Lipinski definition) is 5. The molecule has 0 bridgehead atoms. The molecular formula is C19H27NO5. The van der Waals surface area contributed by atoms with Crippen molar-refractivity contribution in [3.8, 4) is 5.75 Å². The zero-order valence-electron chi connectivity index (χ0n) is 15.4. The second-order valence-electron chi connectivity index (χ2n) is 7.18. The fourth-order valence-corrected chi connectivity index (χ4v) is 2.62. The highest BCUT2D eigenvalue weighted by Gasteiger charge is 2.28. The van der Waals surface area contributed by atoms with Gasteiger partial charge >= 0.3 is 12.1 Å². The molecule has 25 heavy (non-hydrogen) atoms. The summed E-state index contributed by atoms with van der Waals surface area (Å²) < 4.78 is 16.0. The first-order valence-electron chi connectivity index (χ1n) is 8.57. The van der Waals surface area contributed by atoms with E-state index in [0.29, 0.717) is 25.9 Å². The largest absolute Gasteiger partial charge is 0.497 e. The molecule has 0 aliphatic carbocycles. The highest BCUT2D eigenvalue weighted by atomic mass is 16.6. The molecule has 2 rings (SSSR count). The summed E-state index contributed by atoms with van der Waals surface area (Å²) in [7, 11) is 1.60. The number of hydrogen-bond donors (Lipinski definition) is 0. The Bertz CT molecular complexity index is 583. The molecule has 1 amide bonds. The first-order valence-corrected chi connectivity index (χ1v) is 8.57. The Morgan fingerprint density at radius 3 is 2.24 bits per heavy atom. The zero-order chi connectivity index (χ0) is 18.4. The molecule has 0 N–H and O–H groups in total. The van der Waals surface area contributed by atoms with E-state index in [-0.39, 0.29) is 24.6 Å². The Hall–Kier alpha value is -2.24. The number of carbonyl (C=O) groups is 2. The van der Waals surface area contributed by atoms with Crippen LogP contribution in [0, 0.1) is 0 Å². The first kappa shape index (κ1) is 19.1. The van der Waals surface area contributed by atoms with E-state index in [4.69, 9.17) is 14.2 Å². The lowest BCUT2D eigenvalue weighted by Crippen LogP contribution is -2.43. The number of ether oxygens (including phenoxy) is 3. The number of rotatable bonds is 4. The quantitative estimate of drug-likeness (QED) is 0.781. The number of methoxy groups -OCH3 is 1. The molecule has 1 aromatic rings. The van der Waals surface area contributed by atoms with Gasteiger partial charge < -0.3 is 19.1 Å². The SMILES string of the molecule is COc1ccc(CC(=O)OC2CCN(C(=O)OC(C)(C)C)CC2)cc1. The fraction of sp³-hybridized carbons (Fsp3) is 0.579. The average Bonchev–Trinajstić information content (AvgIpc) is 2.54. The van der Waals surface area contributed by atoms with Gasteiger partial charge in [-0.15, -0.1) is 0 Å². The molecule has 6 heteroatoms. The third kappa shape index (κ3) is 6.29. The summed E-state index contributed by atoms with van der Waals surface area (Å²) in [6, 6.07) is 7.35. The minimum Gasteiger partial charge on any atom is -0.497 e. The van der Waals surface area contributed by atoms with Gasteiger partial charge in [-0.3, -0.25) is 4.79 Å². The summed E-state index contributed by atoms with van der Waals surface area (Å²) in [5.41, 5.74) is 0.385. The molecule has 6 nitrogen and oxygen atoms in total. The van der Waals surface area contributed by atoms with Gasteiger partial charge in [-0.2, -0.15) is 0 Å². The van der Waals surface area contributed by atoms with Gasteiger partial charge in [0.2, 0.25) is 0 Å². The molecular weight excluding hydrogens is 322 g/mol. The number of nitrogens with zero attached hydrogens (tertiary/aromatic N) is 1. The van der Waals surface area contributed by atoms with Crippen molar-refractivity contribution >= 4 is 12.1 Å². The van der Waals surface area contributed by atoms with E-state index in [1.54, 1.807) is 12.0 Å². The maximum absolute atomic E-state index is 12.1. The normalized spacial score (nSPS) is 15.6. The molecule has 0 spiro atoms. The predicted molar refractivity (Wildman–Crippen MR) is 93.6 cm³/mol. The lowest BCUT2D eigenvalue weighted by atomic mass is 10.1. The van der Waals surface area contributed by atoms with Gasteiger partial charge in [-0.1, -0.05) is 12.1 Å². The average molecular weight is 349 g/mol. The van der Waals surface area contributed by atoms with Crippen LogP contribution >= 0.6 is 0 Å². The molecule has 1 heterocycles. The molecule has 1 aromatic carbocycles. The number of amides is 1. The number of benzene rings is 1. The first-order chi connectivity index (χ1) is 11.8. The smallest absolute Gasteiger partial charge is 0.410 e. The number of likely N-dealkylation sites (tertiary alicyclic amines) is 1. The molecule has 0 saturated carbocycles. The van der Waals surface area contributed by atoms with E-state index in [1.807, 2.05) is 45.0 Å². The summed E-state index contributed by atoms with van der Waals surface area (Å²) >= 11 is 0. The van der Waals surface area contributed by atoms with Gasteiger partial charge in [0.25, 0.3) is 0 Å². The minimum atomic E-state index is -0.501. The molecule has 138 valence electrons. The predicted octanol–water partition coefficient (Wildman–Crippen LogP) is 3.18. The van der Waals surface area contributed by atoms with E-state index in [0.717, 1.165) is 11.3 Å². The van der Waals surface area contributed by atoms with Gasteiger partial charge in [-0.05, 0) is 38.5 Å². The Balaban J connectivity index is 1.75. The van der Waals surface area contributed by atoms with Crippen LogP contribution in [-0.4, -0.2) is 48.9 Å². The zero-order valence-corrected chi connectivity index (χ0v) is 15.4. The van der Waals surface area contributed by atoms with E-state index in [2.05, 4.69) is 0 Å². The van der Waals surface area contributed by atoms with E-state index >= 15 is 0 Å². The number of piperidine rings is 1. The van der Waals surface area contributed by atoms with Crippen molar-refractivity contribution in [2.45, 2.75) is 51.7 Å². The minimum absolute atomic E-state index is 0.149. The molecule has 1 fully saturated rings. The highest BCUT2D eigenvalue weighted by molar-refractivity contribution is 5.73. The van der Waals surface area contributed by atoms with Gasteiger partial charge in [0, 0.05) is 25.9 Å². The lowest BCUT2D eigenvalue weighted by molar-refractivity contribution is -0.150. The Morgan fingerprint density at radius 1 is 1.12 bits per heavy atom. The fourth-order valence-electron chi connectivity index (χ4n) is 2.62. The summed E-state index contributed by atoms with van der Waals surface area (Å²) in [5, 5.41) is 0. The summed E-state index contributed by atoms with van der Waals surface area (Å²) in [6.07, 6.45) is 1.04. The van der Waals surface area contributed by atoms with Crippen molar-refractivity contribution in [1.82, 2.24) is 4.90 Å². The molecule has 0 atom stereocenters. The van der Waals surface area contributed by atoms with E-state index in [1.165, 1.54) is 0 Å². The highest BCUT2D eigenvalue weighted by Crippen LogP contribution is 2.18. The molecule has 1 aliphatic heterocycles. The second kappa shape index (κ2) is 8.23. The van der Waals surface area contributed by atoms with Crippen LogP contribution < -0.4 is 4.74 Å². The Morgan fingerprint density at radius 2 is 1.72 bits per heavy atom. The van der Waals surface area contributed by atoms with Crippen LogP contribution in [0.2, 0.25) is 0 Å². The molecule has 0 aromatic heterocycles. The van der Waals surface area contributed by atoms with Crippen LogP contribution in [0.15, 0.2) is 24.3 Å². The molecule has 1 saturated heterocycles. The summed E-state index contributed by atoms with van der Waals surface area (Å²) in [5.74, 6) is 0.507. The van der Waals surface area contributed by atoms with Crippen LogP contribution in [0.25, 0.3) is 0 Å². The van der Waals surface area contributed by atoms with Crippen LogP contribution in [0.5, 0.6) is 5.75 Å². The summed E-state index contributed by atoms with van der Waals surface area (Å²) in [6.45, 7) is 6.61. The molecule has 1 aliphatic rings. The number of carbonyl (C=O) groups excluding carboxylic acids is 2. The Labute approximate surface area is 149 Å². The van der Waals surface area contributed by atoms with Crippen molar-refractivity contribution in [2.75, 3.05) is 20.2 Å². The van der Waals surface area contributed by atoms with Crippen molar-refractivity contribution in [2.24, 2.45) is 0 Å². The maximum Gasteiger partial charge on any atom is 0.410 e. The topological polar surface area (TPSA) is 65.1 Å². The molecule has 0 radical (unpaired) electrons. The van der Waals surface area contributed by atoms with Crippen molar-refractivity contribution < 1.29 is 23.8 Å². The van der Waals surface area contributed by atoms with Crippen LogP contribution in [0.3, 0.4) is 0 Å². The third-order valence-electron chi connectivity index (χ3n) is 3.90. The van der Waals surface area contributed by atoms with Gasteiger partial charge in [0.15, 0.2) is 0 Å². The van der Waals surface area contributed by atoms with Crippen LogP contribution in [0.1, 0.15) is 39.2 Å². The van der Waals surface area contributed by atoms with Crippen molar-refractivity contribution in [1.29, 1.82) is 0 Å². The summed E-state index contributed by atoms with van der Waals surface area (Å²) in [4.78, 5) is 25.8. The van der Waals surface area contributed by atoms with Crippen molar-refractivity contribution in [3.05, 3.63) is 29.8 Å². The van der Waals surface area contributed by atoms with Gasteiger partial charge in [-0.25, -0.2) is 4.79 Å².